The molecule has 0 fully saturated rings. The van der Waals surface area contributed by atoms with Gasteiger partial charge in [0.15, 0.2) is 5.82 Å². The first kappa shape index (κ1) is 12.8. The van der Waals surface area contributed by atoms with Crippen LogP contribution in [0.5, 0.6) is 0 Å². The van der Waals surface area contributed by atoms with Gasteiger partial charge in [-0.15, -0.1) is 11.6 Å². The highest BCUT2D eigenvalue weighted by atomic mass is 35.5. The fourth-order valence-corrected chi connectivity index (χ4v) is 1.66. The lowest BCUT2D eigenvalue weighted by Crippen LogP contribution is -2.01. The Hall–Kier alpha value is -1.62. The molecule has 0 unspecified atom stereocenters. The van der Waals surface area contributed by atoms with Crippen LogP contribution in [0.4, 0.5) is 13.2 Å². The van der Waals surface area contributed by atoms with Gasteiger partial charge in [-0.2, -0.15) is 0 Å². The molecule has 6 heteroatoms. The molecule has 2 nitrogen and oxygen atoms in total. The number of alkyl halides is 3. The van der Waals surface area contributed by atoms with Gasteiger partial charge in [-0.3, -0.25) is 0 Å². The van der Waals surface area contributed by atoms with Crippen molar-refractivity contribution in [1.82, 2.24) is 9.97 Å². The van der Waals surface area contributed by atoms with Gasteiger partial charge in [0.05, 0.1) is 5.88 Å². The number of nitrogens with zero attached hydrogens (tertiary/aromatic N) is 2. The average molecular weight is 273 g/mol. The number of rotatable bonds is 3. The minimum atomic E-state index is -2.72. The molecule has 1 aromatic heterocycles. The molecule has 0 N–H and O–H groups in total. The predicted octanol–water partition coefficient (Wildman–Crippen LogP) is 3.96. The fraction of sp³-hybridized carbons (Fsp3) is 0.167. The lowest BCUT2D eigenvalue weighted by Gasteiger charge is -2.07. The molecule has 2 rings (SSSR count). The summed E-state index contributed by atoms with van der Waals surface area (Å²) in [5.74, 6) is -0.368. The van der Waals surface area contributed by atoms with Crippen LogP contribution in [-0.4, -0.2) is 9.97 Å². The van der Waals surface area contributed by atoms with E-state index >= 15 is 0 Å². The molecule has 1 aromatic carbocycles. The van der Waals surface area contributed by atoms with E-state index in [-0.39, 0.29) is 23.0 Å². The number of halogens is 4. The van der Waals surface area contributed by atoms with Gasteiger partial charge < -0.3 is 0 Å². The molecule has 1 heterocycles. The van der Waals surface area contributed by atoms with Crippen LogP contribution in [0, 0.1) is 5.82 Å². The van der Waals surface area contributed by atoms with E-state index in [2.05, 4.69) is 9.97 Å². The quantitative estimate of drug-likeness (QED) is 0.791. The lowest BCUT2D eigenvalue weighted by molar-refractivity contribution is 0.145. The van der Waals surface area contributed by atoms with Gasteiger partial charge in [0.1, 0.15) is 11.5 Å². The molecule has 18 heavy (non-hydrogen) atoms. The maximum Gasteiger partial charge on any atom is 0.280 e. The van der Waals surface area contributed by atoms with E-state index in [9.17, 15) is 13.2 Å². The molecule has 0 saturated heterocycles. The van der Waals surface area contributed by atoms with Gasteiger partial charge in [0, 0.05) is 17.3 Å². The number of aromatic nitrogens is 2. The van der Waals surface area contributed by atoms with Crippen LogP contribution >= 0.6 is 11.6 Å². The van der Waals surface area contributed by atoms with Crippen LogP contribution in [0.1, 0.15) is 17.7 Å². The Balaban J connectivity index is 2.46. The van der Waals surface area contributed by atoms with Crippen LogP contribution in [-0.2, 0) is 5.88 Å². The summed E-state index contributed by atoms with van der Waals surface area (Å²) in [5, 5.41) is 0. The Morgan fingerprint density at radius 1 is 1.17 bits per heavy atom. The Labute approximate surface area is 106 Å². The van der Waals surface area contributed by atoms with E-state index in [0.717, 1.165) is 0 Å². The Kier molecular flexibility index (Phi) is 3.81. The van der Waals surface area contributed by atoms with Crippen molar-refractivity contribution in [2.75, 3.05) is 0 Å². The Bertz CT molecular complexity index is 544. The molecular weight excluding hydrogens is 265 g/mol. The molecule has 0 aliphatic rings. The fourth-order valence-electron chi connectivity index (χ4n) is 1.45. The first-order chi connectivity index (χ1) is 8.61. The van der Waals surface area contributed by atoms with E-state index in [1.165, 1.54) is 30.5 Å². The highest BCUT2D eigenvalue weighted by Crippen LogP contribution is 2.24. The van der Waals surface area contributed by atoms with Crippen LogP contribution in [0.15, 0.2) is 30.5 Å². The second-order valence-corrected chi connectivity index (χ2v) is 3.81. The number of benzene rings is 1. The number of hydrogen-bond acceptors (Lipinski definition) is 2. The molecule has 0 aliphatic heterocycles. The zero-order chi connectivity index (χ0) is 13.1. The first-order valence-electron chi connectivity index (χ1n) is 5.07. The van der Waals surface area contributed by atoms with E-state index in [1.54, 1.807) is 0 Å². The van der Waals surface area contributed by atoms with Crippen LogP contribution in [0.3, 0.4) is 0 Å². The van der Waals surface area contributed by atoms with E-state index < -0.39 is 12.2 Å². The van der Waals surface area contributed by atoms with Gasteiger partial charge in [-0.25, -0.2) is 23.1 Å². The summed E-state index contributed by atoms with van der Waals surface area (Å²) in [5.41, 5.74) is 0.274. The normalized spacial score (nSPS) is 10.9. The summed E-state index contributed by atoms with van der Waals surface area (Å²) >= 11 is 5.53. The molecule has 0 radical (unpaired) electrons. The SMILES string of the molecule is Fc1ccc(-c2ncc(CCl)c(C(F)F)n2)cc1. The predicted molar refractivity (Wildman–Crippen MR) is 61.9 cm³/mol. The zero-order valence-electron chi connectivity index (χ0n) is 9.08. The molecule has 94 valence electrons. The summed E-state index contributed by atoms with van der Waals surface area (Å²) in [6.07, 6.45) is -1.46. The zero-order valence-corrected chi connectivity index (χ0v) is 9.83. The van der Waals surface area contributed by atoms with E-state index in [1.807, 2.05) is 0 Å². The molecule has 0 spiro atoms. The lowest BCUT2D eigenvalue weighted by atomic mass is 10.2. The summed E-state index contributed by atoms with van der Waals surface area (Å²) in [4.78, 5) is 7.72. The monoisotopic (exact) mass is 272 g/mol. The Morgan fingerprint density at radius 2 is 1.83 bits per heavy atom. The molecule has 2 aromatic rings. The van der Waals surface area contributed by atoms with Gasteiger partial charge >= 0.3 is 0 Å². The van der Waals surface area contributed by atoms with Gasteiger partial charge in [0.25, 0.3) is 6.43 Å². The summed E-state index contributed by atoms with van der Waals surface area (Å²) in [6, 6.07) is 5.30. The molecule has 0 saturated carbocycles. The Morgan fingerprint density at radius 3 is 2.39 bits per heavy atom. The second kappa shape index (κ2) is 5.35. The minimum Gasteiger partial charge on any atom is -0.236 e. The van der Waals surface area contributed by atoms with Crippen molar-refractivity contribution in [1.29, 1.82) is 0 Å². The molecule has 0 amide bonds. The molecule has 0 bridgehead atoms. The third-order valence-electron chi connectivity index (χ3n) is 2.35. The number of hydrogen-bond donors (Lipinski definition) is 0. The van der Waals surface area contributed by atoms with Crippen molar-refractivity contribution in [2.24, 2.45) is 0 Å². The van der Waals surface area contributed by atoms with Crippen LogP contribution < -0.4 is 0 Å². The van der Waals surface area contributed by atoms with Crippen molar-refractivity contribution < 1.29 is 13.2 Å². The smallest absolute Gasteiger partial charge is 0.236 e. The maximum absolute atomic E-state index is 12.8. The molecule has 0 aliphatic carbocycles. The van der Waals surface area contributed by atoms with Crippen molar-refractivity contribution in [3.8, 4) is 11.4 Å². The third-order valence-corrected chi connectivity index (χ3v) is 2.64. The van der Waals surface area contributed by atoms with Gasteiger partial charge in [0.2, 0.25) is 0 Å². The highest BCUT2D eigenvalue weighted by molar-refractivity contribution is 6.17. The van der Waals surface area contributed by atoms with E-state index in [0.29, 0.717) is 5.56 Å². The highest BCUT2D eigenvalue weighted by Gasteiger charge is 2.16. The van der Waals surface area contributed by atoms with Crippen molar-refractivity contribution >= 4 is 11.6 Å². The minimum absolute atomic E-state index is 0.0800. The third kappa shape index (κ3) is 2.61. The summed E-state index contributed by atoms with van der Waals surface area (Å²) in [7, 11) is 0. The van der Waals surface area contributed by atoms with Crippen molar-refractivity contribution in [2.45, 2.75) is 12.3 Å². The first-order valence-corrected chi connectivity index (χ1v) is 5.61. The maximum atomic E-state index is 12.8. The van der Waals surface area contributed by atoms with Crippen LogP contribution in [0.25, 0.3) is 11.4 Å². The van der Waals surface area contributed by atoms with Crippen molar-refractivity contribution in [3.63, 3.8) is 0 Å². The topological polar surface area (TPSA) is 25.8 Å². The van der Waals surface area contributed by atoms with Gasteiger partial charge in [-0.1, -0.05) is 0 Å². The molecule has 0 atom stereocenters. The van der Waals surface area contributed by atoms with E-state index in [4.69, 9.17) is 11.6 Å². The molecular formula is C12H8ClF3N2. The van der Waals surface area contributed by atoms with Crippen molar-refractivity contribution in [3.05, 3.63) is 47.5 Å². The summed E-state index contributed by atoms with van der Waals surface area (Å²) in [6.45, 7) is 0. The standard InChI is InChI=1S/C12H8ClF3N2/c13-5-8-6-17-12(18-10(8)11(15)16)7-1-3-9(14)4-2-7/h1-4,6,11H,5H2. The largest absolute Gasteiger partial charge is 0.280 e. The average Bonchev–Trinajstić information content (AvgIpc) is 2.39. The van der Waals surface area contributed by atoms with Gasteiger partial charge in [-0.05, 0) is 24.3 Å². The van der Waals surface area contributed by atoms with Crippen LogP contribution in [0.2, 0.25) is 0 Å². The second-order valence-electron chi connectivity index (χ2n) is 3.55. The summed E-state index contributed by atoms with van der Waals surface area (Å²) < 4.78 is 38.3.